The van der Waals surface area contributed by atoms with Gasteiger partial charge in [-0.25, -0.2) is 4.79 Å². The van der Waals surface area contributed by atoms with Crippen molar-refractivity contribution >= 4 is 16.9 Å². The Balaban J connectivity index is 2.42. The van der Waals surface area contributed by atoms with Gasteiger partial charge in [-0.2, -0.15) is 0 Å². The summed E-state index contributed by atoms with van der Waals surface area (Å²) in [4.78, 5) is 14.5. The van der Waals surface area contributed by atoms with E-state index in [1.165, 1.54) is 0 Å². The number of carboxylic acids is 1. The largest absolute Gasteiger partial charge is 0.477 e. The van der Waals surface area contributed by atoms with Crippen LogP contribution in [-0.2, 0) is 0 Å². The molecule has 0 saturated carbocycles. The molecule has 3 heteroatoms. The van der Waals surface area contributed by atoms with E-state index in [0.29, 0.717) is 0 Å². The Kier molecular flexibility index (Phi) is 2.83. The number of rotatable bonds is 2. The van der Waals surface area contributed by atoms with E-state index in [1.807, 2.05) is 56.3 Å². The van der Waals surface area contributed by atoms with Gasteiger partial charge in [0.15, 0.2) is 0 Å². The van der Waals surface area contributed by atoms with Gasteiger partial charge in [0, 0.05) is 16.5 Å². The molecule has 20 heavy (non-hydrogen) atoms. The molecule has 0 saturated heterocycles. The lowest BCUT2D eigenvalue weighted by atomic mass is 9.95. The van der Waals surface area contributed by atoms with Crippen molar-refractivity contribution < 1.29 is 9.90 Å². The molecule has 3 nitrogen and oxygen atoms in total. The van der Waals surface area contributed by atoms with Crippen molar-refractivity contribution in [2.75, 3.05) is 0 Å². The van der Waals surface area contributed by atoms with Crippen molar-refractivity contribution in [2.45, 2.75) is 13.8 Å². The fraction of sp³-hybridized carbons (Fsp3) is 0.118. The second-order valence-corrected chi connectivity index (χ2v) is 4.97. The first kappa shape index (κ1) is 12.5. The van der Waals surface area contributed by atoms with Crippen LogP contribution in [0.5, 0.6) is 0 Å². The van der Waals surface area contributed by atoms with E-state index in [1.54, 1.807) is 0 Å². The van der Waals surface area contributed by atoms with E-state index in [2.05, 4.69) is 4.98 Å². The molecular weight excluding hydrogens is 250 g/mol. The summed E-state index contributed by atoms with van der Waals surface area (Å²) in [5.74, 6) is -0.933. The standard InChI is InChI=1S/C17H15NO2/c1-10-6-5-8-12(11(10)2)15-13-7-3-4-9-14(13)18-16(15)17(19)20/h3-9,18H,1-2H3,(H,19,20). The zero-order valence-corrected chi connectivity index (χ0v) is 11.4. The number of para-hydroxylation sites is 1. The number of aromatic nitrogens is 1. The molecule has 0 atom stereocenters. The van der Waals surface area contributed by atoms with Crippen LogP contribution in [0.3, 0.4) is 0 Å². The molecule has 3 rings (SSSR count). The summed E-state index contributed by atoms with van der Waals surface area (Å²) in [6.07, 6.45) is 0. The molecule has 0 aliphatic rings. The highest BCUT2D eigenvalue weighted by atomic mass is 16.4. The SMILES string of the molecule is Cc1cccc(-c2c(C(=O)O)[nH]c3ccccc23)c1C. The van der Waals surface area contributed by atoms with Crippen LogP contribution in [-0.4, -0.2) is 16.1 Å². The van der Waals surface area contributed by atoms with Gasteiger partial charge in [0.2, 0.25) is 0 Å². The van der Waals surface area contributed by atoms with E-state index in [-0.39, 0.29) is 5.69 Å². The van der Waals surface area contributed by atoms with Gasteiger partial charge < -0.3 is 10.1 Å². The van der Waals surface area contributed by atoms with Crippen LogP contribution in [0.1, 0.15) is 21.6 Å². The van der Waals surface area contributed by atoms with Gasteiger partial charge in [-0.05, 0) is 36.6 Å². The Bertz CT molecular complexity index is 815. The quantitative estimate of drug-likeness (QED) is 0.731. The minimum Gasteiger partial charge on any atom is -0.477 e. The number of aromatic amines is 1. The maximum atomic E-state index is 11.5. The Morgan fingerprint density at radius 2 is 1.80 bits per heavy atom. The highest BCUT2D eigenvalue weighted by Crippen LogP contribution is 2.35. The third kappa shape index (κ3) is 1.79. The smallest absolute Gasteiger partial charge is 0.352 e. The number of hydrogen-bond acceptors (Lipinski definition) is 1. The van der Waals surface area contributed by atoms with Crippen LogP contribution < -0.4 is 0 Å². The zero-order chi connectivity index (χ0) is 14.3. The molecule has 0 spiro atoms. The van der Waals surface area contributed by atoms with Crippen LogP contribution in [0.4, 0.5) is 0 Å². The Morgan fingerprint density at radius 3 is 2.55 bits per heavy atom. The number of carboxylic acid groups (broad SMARTS) is 1. The maximum absolute atomic E-state index is 11.5. The molecule has 1 aromatic heterocycles. The van der Waals surface area contributed by atoms with Gasteiger partial charge in [-0.15, -0.1) is 0 Å². The zero-order valence-electron chi connectivity index (χ0n) is 11.4. The summed E-state index contributed by atoms with van der Waals surface area (Å²) in [6, 6.07) is 13.7. The van der Waals surface area contributed by atoms with Gasteiger partial charge in [0.25, 0.3) is 0 Å². The fourth-order valence-corrected chi connectivity index (χ4v) is 2.60. The normalized spacial score (nSPS) is 10.9. The van der Waals surface area contributed by atoms with Gasteiger partial charge in [-0.3, -0.25) is 0 Å². The minimum atomic E-state index is -0.933. The number of benzene rings is 2. The van der Waals surface area contributed by atoms with Crippen molar-refractivity contribution in [3.8, 4) is 11.1 Å². The first-order chi connectivity index (χ1) is 9.59. The predicted octanol–water partition coefficient (Wildman–Crippen LogP) is 4.15. The highest BCUT2D eigenvalue weighted by molar-refractivity contribution is 6.07. The van der Waals surface area contributed by atoms with E-state index >= 15 is 0 Å². The lowest BCUT2D eigenvalue weighted by Gasteiger charge is -2.09. The number of aromatic carboxylic acids is 1. The average molecular weight is 265 g/mol. The Labute approximate surface area is 116 Å². The number of H-pyrrole nitrogens is 1. The lowest BCUT2D eigenvalue weighted by molar-refractivity contribution is 0.0692. The van der Waals surface area contributed by atoms with Crippen molar-refractivity contribution in [3.05, 3.63) is 59.3 Å². The minimum absolute atomic E-state index is 0.250. The summed E-state index contributed by atoms with van der Waals surface area (Å²) in [5.41, 5.74) is 5.11. The van der Waals surface area contributed by atoms with Crippen molar-refractivity contribution in [1.29, 1.82) is 0 Å². The van der Waals surface area contributed by atoms with Gasteiger partial charge in [0.1, 0.15) is 5.69 Å². The van der Waals surface area contributed by atoms with Crippen LogP contribution >= 0.6 is 0 Å². The summed E-state index contributed by atoms with van der Waals surface area (Å²) >= 11 is 0. The van der Waals surface area contributed by atoms with Crippen LogP contribution in [0.15, 0.2) is 42.5 Å². The number of nitrogens with one attached hydrogen (secondary N) is 1. The van der Waals surface area contributed by atoms with E-state index in [4.69, 9.17) is 0 Å². The average Bonchev–Trinajstić information content (AvgIpc) is 2.81. The van der Waals surface area contributed by atoms with Crippen LogP contribution in [0.2, 0.25) is 0 Å². The number of carbonyl (C=O) groups is 1. The summed E-state index contributed by atoms with van der Waals surface area (Å²) in [6.45, 7) is 4.06. The molecule has 2 N–H and O–H groups in total. The van der Waals surface area contributed by atoms with E-state index in [0.717, 1.165) is 33.2 Å². The van der Waals surface area contributed by atoms with Crippen molar-refractivity contribution in [2.24, 2.45) is 0 Å². The molecule has 1 heterocycles. The topological polar surface area (TPSA) is 53.1 Å². The second kappa shape index (κ2) is 4.53. The molecule has 0 aliphatic heterocycles. The second-order valence-electron chi connectivity index (χ2n) is 4.97. The molecule has 0 bridgehead atoms. The monoisotopic (exact) mass is 265 g/mol. The fourth-order valence-electron chi connectivity index (χ4n) is 2.60. The molecule has 0 fully saturated rings. The van der Waals surface area contributed by atoms with Gasteiger partial charge in [0.05, 0.1) is 0 Å². The number of hydrogen-bond donors (Lipinski definition) is 2. The predicted molar refractivity (Wildman–Crippen MR) is 80.2 cm³/mol. The van der Waals surface area contributed by atoms with Crippen LogP contribution in [0, 0.1) is 13.8 Å². The van der Waals surface area contributed by atoms with Gasteiger partial charge in [-0.1, -0.05) is 36.4 Å². The molecule has 0 amide bonds. The van der Waals surface area contributed by atoms with Crippen molar-refractivity contribution in [3.63, 3.8) is 0 Å². The van der Waals surface area contributed by atoms with Crippen molar-refractivity contribution in [1.82, 2.24) is 4.98 Å². The van der Waals surface area contributed by atoms with E-state index in [9.17, 15) is 9.90 Å². The van der Waals surface area contributed by atoms with E-state index < -0.39 is 5.97 Å². The molecule has 0 unspecified atom stereocenters. The first-order valence-corrected chi connectivity index (χ1v) is 6.50. The Morgan fingerprint density at radius 1 is 1.05 bits per heavy atom. The highest BCUT2D eigenvalue weighted by Gasteiger charge is 2.19. The van der Waals surface area contributed by atoms with Crippen LogP contribution in [0.25, 0.3) is 22.0 Å². The summed E-state index contributed by atoms with van der Waals surface area (Å²) < 4.78 is 0. The number of aryl methyl sites for hydroxylation is 1. The first-order valence-electron chi connectivity index (χ1n) is 6.50. The molecule has 2 aromatic carbocycles. The molecule has 3 aromatic rings. The lowest BCUT2D eigenvalue weighted by Crippen LogP contribution is -1.99. The number of fused-ring (bicyclic) bond motifs is 1. The Hall–Kier alpha value is -2.55. The summed E-state index contributed by atoms with van der Waals surface area (Å²) in [5, 5.41) is 10.4. The third-order valence-electron chi connectivity index (χ3n) is 3.79. The maximum Gasteiger partial charge on any atom is 0.352 e. The molecular formula is C17H15NO2. The molecule has 0 aliphatic carbocycles. The molecule has 100 valence electrons. The van der Waals surface area contributed by atoms with Gasteiger partial charge >= 0.3 is 5.97 Å². The molecule has 0 radical (unpaired) electrons. The third-order valence-corrected chi connectivity index (χ3v) is 3.79. The summed E-state index contributed by atoms with van der Waals surface area (Å²) in [7, 11) is 0.